The first-order valence-corrected chi connectivity index (χ1v) is 8.45. The van der Waals surface area contributed by atoms with Crippen molar-refractivity contribution in [1.82, 2.24) is 5.32 Å². The summed E-state index contributed by atoms with van der Waals surface area (Å²) in [6.45, 7) is 0.306. The van der Waals surface area contributed by atoms with Crippen molar-refractivity contribution < 1.29 is 14.7 Å². The van der Waals surface area contributed by atoms with Crippen molar-refractivity contribution >= 4 is 44.2 Å². The van der Waals surface area contributed by atoms with E-state index >= 15 is 0 Å². The molecule has 1 amide bonds. The van der Waals surface area contributed by atoms with Crippen LogP contribution in [0.15, 0.2) is 54.6 Å². The van der Waals surface area contributed by atoms with Gasteiger partial charge in [-0.1, -0.05) is 54.6 Å². The molecule has 26 heavy (non-hydrogen) atoms. The first kappa shape index (κ1) is 16.3. The van der Waals surface area contributed by atoms with Gasteiger partial charge in [-0.05, 0) is 37.9 Å². The number of amides is 1. The maximum Gasteiger partial charge on any atom is 0.305 e. The zero-order valence-corrected chi connectivity index (χ0v) is 14.0. The summed E-state index contributed by atoms with van der Waals surface area (Å²) in [5, 5.41) is 18.5. The Morgan fingerprint density at radius 3 is 2.23 bits per heavy atom. The second kappa shape index (κ2) is 6.28. The smallest absolute Gasteiger partial charge is 0.305 e. The first-order chi connectivity index (χ1) is 12.5. The zero-order chi connectivity index (χ0) is 18.3. The predicted molar refractivity (Wildman–Crippen MR) is 102 cm³/mol. The van der Waals surface area contributed by atoms with E-state index in [4.69, 9.17) is 10.8 Å². The first-order valence-electron chi connectivity index (χ1n) is 8.45. The molecule has 4 N–H and O–H groups in total. The lowest BCUT2D eigenvalue weighted by Gasteiger charge is -2.15. The van der Waals surface area contributed by atoms with Crippen molar-refractivity contribution in [3.05, 3.63) is 60.2 Å². The molecule has 0 unspecified atom stereocenters. The number of carboxylic acids is 1. The van der Waals surface area contributed by atoms with Gasteiger partial charge in [0, 0.05) is 6.54 Å². The minimum absolute atomic E-state index is 0.306. The second-order valence-electron chi connectivity index (χ2n) is 6.50. The number of nitrogens with two attached hydrogens (primary N) is 1. The van der Waals surface area contributed by atoms with Crippen molar-refractivity contribution in [2.45, 2.75) is 19.0 Å². The monoisotopic (exact) mass is 346 g/mol. The Morgan fingerprint density at radius 1 is 0.923 bits per heavy atom. The molecular formula is C21H18N2O3. The number of hydrogen-bond donors (Lipinski definition) is 3. The molecule has 0 heterocycles. The zero-order valence-electron chi connectivity index (χ0n) is 14.0. The van der Waals surface area contributed by atoms with Crippen molar-refractivity contribution in [1.29, 1.82) is 0 Å². The molecule has 0 saturated heterocycles. The number of benzene rings is 4. The van der Waals surface area contributed by atoms with Crippen LogP contribution in [0.4, 0.5) is 0 Å². The summed E-state index contributed by atoms with van der Waals surface area (Å²) in [5.74, 6) is -1.55. The lowest BCUT2D eigenvalue weighted by molar-refractivity contribution is -0.139. The molecule has 4 rings (SSSR count). The molecule has 0 aliphatic carbocycles. The lowest BCUT2D eigenvalue weighted by atomic mass is 9.92. The van der Waals surface area contributed by atoms with Gasteiger partial charge in [0.15, 0.2) is 0 Å². The molecule has 0 aliphatic rings. The fourth-order valence-electron chi connectivity index (χ4n) is 3.54. The average Bonchev–Trinajstić information content (AvgIpc) is 2.64. The third-order valence-corrected chi connectivity index (χ3v) is 4.80. The van der Waals surface area contributed by atoms with Crippen LogP contribution in [0.1, 0.15) is 12.0 Å². The number of nitrogens with one attached hydrogen (secondary N) is 1. The lowest BCUT2D eigenvalue weighted by Crippen LogP contribution is -2.41. The highest BCUT2D eigenvalue weighted by Crippen LogP contribution is 2.35. The highest BCUT2D eigenvalue weighted by Gasteiger charge is 2.17. The fraction of sp³-hybridized carbons (Fsp3) is 0.143. The molecule has 5 heteroatoms. The van der Waals surface area contributed by atoms with Gasteiger partial charge in [0.1, 0.15) is 0 Å². The topological polar surface area (TPSA) is 92.4 Å². The van der Waals surface area contributed by atoms with Crippen molar-refractivity contribution in [3.8, 4) is 0 Å². The van der Waals surface area contributed by atoms with Gasteiger partial charge in [-0.3, -0.25) is 9.59 Å². The highest BCUT2D eigenvalue weighted by molar-refractivity contribution is 6.23. The van der Waals surface area contributed by atoms with Gasteiger partial charge in [-0.2, -0.15) is 0 Å². The summed E-state index contributed by atoms with van der Waals surface area (Å²) in [4.78, 5) is 22.7. The SMILES string of the molecule is N[C@@H](CC(=O)O)C(=O)NCc1ccc2ccc3cccc4ccc1c2c34. The van der Waals surface area contributed by atoms with Crippen LogP contribution in [-0.4, -0.2) is 23.0 Å². The van der Waals surface area contributed by atoms with E-state index in [1.54, 1.807) is 0 Å². The van der Waals surface area contributed by atoms with Gasteiger partial charge >= 0.3 is 5.97 Å². The minimum Gasteiger partial charge on any atom is -0.481 e. The van der Waals surface area contributed by atoms with E-state index in [0.29, 0.717) is 6.54 Å². The molecule has 5 nitrogen and oxygen atoms in total. The second-order valence-corrected chi connectivity index (χ2v) is 6.50. The number of aliphatic carboxylic acids is 1. The Labute approximate surface area is 149 Å². The van der Waals surface area contributed by atoms with Crippen LogP contribution in [0, 0.1) is 0 Å². The molecule has 0 radical (unpaired) electrons. The molecule has 0 spiro atoms. The molecule has 4 aromatic carbocycles. The van der Waals surface area contributed by atoms with Crippen LogP contribution in [-0.2, 0) is 16.1 Å². The summed E-state index contributed by atoms with van der Waals surface area (Å²) < 4.78 is 0. The quantitative estimate of drug-likeness (QED) is 0.484. The predicted octanol–water partition coefficient (Wildman–Crippen LogP) is 3.00. The normalized spacial score (nSPS) is 12.7. The molecule has 1 atom stereocenters. The Bertz CT molecular complexity index is 1120. The fourth-order valence-corrected chi connectivity index (χ4v) is 3.54. The van der Waals surface area contributed by atoms with E-state index < -0.39 is 17.9 Å². The number of carboxylic acid groups (broad SMARTS) is 1. The molecular weight excluding hydrogens is 328 g/mol. The number of hydrogen-bond acceptors (Lipinski definition) is 3. The molecule has 0 aliphatic heterocycles. The molecule has 0 bridgehead atoms. The Kier molecular flexibility index (Phi) is 3.93. The van der Waals surface area contributed by atoms with Gasteiger partial charge in [0.25, 0.3) is 0 Å². The van der Waals surface area contributed by atoms with E-state index in [-0.39, 0.29) is 6.42 Å². The average molecular weight is 346 g/mol. The summed E-state index contributed by atoms with van der Waals surface area (Å²) >= 11 is 0. The van der Waals surface area contributed by atoms with Crippen LogP contribution >= 0.6 is 0 Å². The maximum atomic E-state index is 12.0. The maximum absolute atomic E-state index is 12.0. The van der Waals surface area contributed by atoms with Gasteiger partial charge in [0.2, 0.25) is 5.91 Å². The van der Waals surface area contributed by atoms with Gasteiger partial charge in [-0.15, -0.1) is 0 Å². The Morgan fingerprint density at radius 2 is 1.54 bits per heavy atom. The van der Waals surface area contributed by atoms with Gasteiger partial charge in [-0.25, -0.2) is 0 Å². The highest BCUT2D eigenvalue weighted by atomic mass is 16.4. The number of carbonyl (C=O) groups excluding carboxylic acids is 1. The van der Waals surface area contributed by atoms with E-state index in [9.17, 15) is 9.59 Å². The van der Waals surface area contributed by atoms with Crippen molar-refractivity contribution in [2.75, 3.05) is 0 Å². The molecule has 130 valence electrons. The number of carbonyl (C=O) groups is 2. The van der Waals surface area contributed by atoms with Crippen molar-refractivity contribution in [2.24, 2.45) is 5.73 Å². The largest absolute Gasteiger partial charge is 0.481 e. The van der Waals surface area contributed by atoms with Crippen LogP contribution in [0.5, 0.6) is 0 Å². The molecule has 4 aromatic rings. The Hall–Kier alpha value is -3.18. The third kappa shape index (κ3) is 2.72. The van der Waals surface area contributed by atoms with Crippen LogP contribution < -0.4 is 11.1 Å². The summed E-state index contributed by atoms with van der Waals surface area (Å²) in [7, 11) is 0. The van der Waals surface area contributed by atoms with E-state index in [1.807, 2.05) is 18.2 Å². The Balaban J connectivity index is 1.72. The van der Waals surface area contributed by atoms with Gasteiger partial charge < -0.3 is 16.2 Å². The van der Waals surface area contributed by atoms with Crippen LogP contribution in [0.3, 0.4) is 0 Å². The number of rotatable bonds is 5. The van der Waals surface area contributed by atoms with Crippen LogP contribution in [0.25, 0.3) is 32.3 Å². The molecule has 0 aromatic heterocycles. The van der Waals surface area contributed by atoms with E-state index in [1.165, 1.54) is 21.5 Å². The van der Waals surface area contributed by atoms with Gasteiger partial charge in [0.05, 0.1) is 12.5 Å². The summed E-state index contributed by atoms with van der Waals surface area (Å²) in [5.41, 5.74) is 6.60. The molecule has 0 saturated carbocycles. The standard InChI is InChI=1S/C21H18N2O3/c22-17(10-18(24)25)21(26)23-11-15-7-6-14-5-4-12-2-1-3-13-8-9-16(15)20(14)19(12)13/h1-9,17H,10-11,22H2,(H,23,26)(H,24,25)/t17-/m0/s1. The molecule has 0 fully saturated rings. The van der Waals surface area contributed by atoms with Crippen LogP contribution in [0.2, 0.25) is 0 Å². The minimum atomic E-state index is -1.09. The van der Waals surface area contributed by atoms with E-state index in [2.05, 4.69) is 41.7 Å². The summed E-state index contributed by atoms with van der Waals surface area (Å²) in [6.07, 6.45) is -0.385. The van der Waals surface area contributed by atoms with Crippen molar-refractivity contribution in [3.63, 3.8) is 0 Å². The summed E-state index contributed by atoms with van der Waals surface area (Å²) in [6, 6.07) is 17.6. The van der Waals surface area contributed by atoms with E-state index in [0.717, 1.165) is 16.3 Å². The third-order valence-electron chi connectivity index (χ3n) is 4.80.